The van der Waals surface area contributed by atoms with Crippen LogP contribution in [-0.2, 0) is 12.8 Å². The van der Waals surface area contributed by atoms with E-state index in [1.165, 1.54) is 16.9 Å². The van der Waals surface area contributed by atoms with E-state index in [-0.39, 0.29) is 17.4 Å². The van der Waals surface area contributed by atoms with Gasteiger partial charge in [0.25, 0.3) is 11.5 Å². The first-order valence-electron chi connectivity index (χ1n) is 11.4. The Hall–Kier alpha value is -2.87. The molecule has 4 heterocycles. The number of piperidine rings is 1. The van der Waals surface area contributed by atoms with Gasteiger partial charge in [-0.15, -0.1) is 11.3 Å². The molecule has 0 saturated carbocycles. The van der Waals surface area contributed by atoms with Crippen molar-refractivity contribution in [1.82, 2.24) is 14.9 Å². The first-order chi connectivity index (χ1) is 15.7. The molecule has 0 spiro atoms. The zero-order chi connectivity index (χ0) is 21.7. The fourth-order valence-electron chi connectivity index (χ4n) is 5.12. The third-order valence-corrected chi connectivity index (χ3v) is 7.91. The van der Waals surface area contributed by atoms with Gasteiger partial charge in [-0.1, -0.05) is 0 Å². The summed E-state index contributed by atoms with van der Waals surface area (Å²) in [6.45, 7) is 2.26. The van der Waals surface area contributed by atoms with Gasteiger partial charge in [0.05, 0.1) is 5.39 Å². The van der Waals surface area contributed by atoms with E-state index in [1.54, 1.807) is 29.5 Å². The molecule has 7 nitrogen and oxygen atoms in total. The Kier molecular flexibility index (Phi) is 4.90. The molecule has 1 atom stereocenters. The number of ether oxygens (including phenoxy) is 2. The van der Waals surface area contributed by atoms with Gasteiger partial charge < -0.3 is 19.4 Å². The second-order valence-corrected chi connectivity index (χ2v) is 9.87. The molecule has 1 saturated heterocycles. The molecule has 1 aromatic carbocycles. The lowest BCUT2D eigenvalue weighted by Crippen LogP contribution is -2.40. The number of nitrogens with zero attached hydrogens (tertiary/aromatic N) is 2. The number of fused-ring (bicyclic) bond motifs is 4. The molecule has 6 rings (SSSR count). The summed E-state index contributed by atoms with van der Waals surface area (Å²) < 4.78 is 11.2. The van der Waals surface area contributed by atoms with Gasteiger partial charge in [0.15, 0.2) is 11.5 Å². The molecule has 2 aliphatic heterocycles. The normalized spacial score (nSPS) is 20.2. The Labute approximate surface area is 189 Å². The highest BCUT2D eigenvalue weighted by molar-refractivity contribution is 7.18. The minimum atomic E-state index is -0.0281. The van der Waals surface area contributed by atoms with E-state index in [4.69, 9.17) is 14.5 Å². The molecule has 3 aliphatic rings. The highest BCUT2D eigenvalue weighted by Crippen LogP contribution is 2.35. The first kappa shape index (κ1) is 19.8. The molecule has 3 aromatic rings. The Morgan fingerprint density at radius 1 is 1.12 bits per heavy atom. The molecular formula is C24H25N3O4S. The maximum absolute atomic E-state index is 13.2. The largest absolute Gasteiger partial charge is 0.486 e. The van der Waals surface area contributed by atoms with Gasteiger partial charge in [0.1, 0.15) is 23.9 Å². The van der Waals surface area contributed by atoms with Crippen LogP contribution in [0.15, 0.2) is 23.0 Å². The van der Waals surface area contributed by atoms with Gasteiger partial charge in [0.2, 0.25) is 0 Å². The van der Waals surface area contributed by atoms with Crippen LogP contribution in [0.5, 0.6) is 11.5 Å². The second kappa shape index (κ2) is 7.92. The van der Waals surface area contributed by atoms with Crippen molar-refractivity contribution in [3.63, 3.8) is 0 Å². The summed E-state index contributed by atoms with van der Waals surface area (Å²) in [4.78, 5) is 38.1. The summed E-state index contributed by atoms with van der Waals surface area (Å²) >= 11 is 1.67. The molecule has 2 aromatic heterocycles. The summed E-state index contributed by atoms with van der Waals surface area (Å²) in [5.74, 6) is 2.01. The molecule has 1 N–H and O–H groups in total. The first-order valence-corrected chi connectivity index (χ1v) is 12.2. The minimum absolute atomic E-state index is 0.0262. The number of hydrogen-bond donors (Lipinski definition) is 1. The van der Waals surface area contributed by atoms with Gasteiger partial charge in [-0.3, -0.25) is 9.59 Å². The lowest BCUT2D eigenvalue weighted by atomic mass is 9.95. The van der Waals surface area contributed by atoms with Gasteiger partial charge >= 0.3 is 0 Å². The van der Waals surface area contributed by atoms with Crippen LogP contribution in [0.2, 0.25) is 0 Å². The number of benzene rings is 1. The predicted molar refractivity (Wildman–Crippen MR) is 122 cm³/mol. The number of aromatic nitrogens is 2. The number of carbonyl (C=O) groups excluding carboxylic acids is 1. The van der Waals surface area contributed by atoms with Gasteiger partial charge in [-0.25, -0.2) is 4.98 Å². The van der Waals surface area contributed by atoms with E-state index in [0.29, 0.717) is 49.2 Å². The van der Waals surface area contributed by atoms with E-state index in [2.05, 4.69) is 4.98 Å². The average Bonchev–Trinajstić information content (AvgIpc) is 3.22. The average molecular weight is 452 g/mol. The Morgan fingerprint density at radius 2 is 1.97 bits per heavy atom. The molecule has 8 heteroatoms. The van der Waals surface area contributed by atoms with Crippen molar-refractivity contribution in [2.75, 3.05) is 26.3 Å². The lowest BCUT2D eigenvalue weighted by molar-refractivity contribution is 0.0703. The fourth-order valence-corrected chi connectivity index (χ4v) is 6.39. The SMILES string of the molecule is O=C(c1ccc2c(c1)OCCO2)N1CCC[C@H](c2nc3sc4c(c3c(=O)[nH]2)CCCC4)C1. The third kappa shape index (κ3) is 3.37. The number of carbonyl (C=O) groups is 1. The smallest absolute Gasteiger partial charge is 0.259 e. The molecule has 166 valence electrons. The summed E-state index contributed by atoms with van der Waals surface area (Å²) in [7, 11) is 0. The van der Waals surface area contributed by atoms with Crippen molar-refractivity contribution in [1.29, 1.82) is 0 Å². The second-order valence-electron chi connectivity index (χ2n) is 8.79. The maximum Gasteiger partial charge on any atom is 0.259 e. The molecular weight excluding hydrogens is 426 g/mol. The highest BCUT2D eigenvalue weighted by atomic mass is 32.1. The van der Waals surface area contributed by atoms with E-state index in [9.17, 15) is 9.59 Å². The number of aromatic amines is 1. The molecule has 0 unspecified atom stereocenters. The molecule has 1 aliphatic carbocycles. The predicted octanol–water partition coefficient (Wildman–Crippen LogP) is 3.65. The van der Waals surface area contributed by atoms with Gasteiger partial charge in [0, 0.05) is 29.4 Å². The summed E-state index contributed by atoms with van der Waals surface area (Å²) in [6, 6.07) is 5.36. The Bertz CT molecular complexity index is 1260. The third-order valence-electron chi connectivity index (χ3n) is 6.73. The van der Waals surface area contributed by atoms with Crippen LogP contribution in [-0.4, -0.2) is 47.1 Å². The maximum atomic E-state index is 13.2. The monoisotopic (exact) mass is 451 g/mol. The number of aryl methyl sites for hydroxylation is 2. The van der Waals surface area contributed by atoms with Crippen LogP contribution in [0.1, 0.15) is 58.2 Å². The molecule has 32 heavy (non-hydrogen) atoms. The number of amides is 1. The van der Waals surface area contributed by atoms with Crippen LogP contribution >= 0.6 is 11.3 Å². The Balaban J connectivity index is 1.26. The number of H-pyrrole nitrogens is 1. The quantitative estimate of drug-likeness (QED) is 0.643. The van der Waals surface area contributed by atoms with Crippen LogP contribution < -0.4 is 15.0 Å². The zero-order valence-electron chi connectivity index (χ0n) is 17.8. The molecule has 1 amide bonds. The number of rotatable bonds is 2. The van der Waals surface area contributed by atoms with E-state index in [1.807, 2.05) is 4.90 Å². The molecule has 0 bridgehead atoms. The van der Waals surface area contributed by atoms with Crippen LogP contribution in [0.4, 0.5) is 0 Å². The van der Waals surface area contributed by atoms with Crippen LogP contribution in [0.3, 0.4) is 0 Å². The van der Waals surface area contributed by atoms with Gasteiger partial charge in [-0.2, -0.15) is 0 Å². The van der Waals surface area contributed by atoms with Crippen molar-refractivity contribution in [2.45, 2.75) is 44.4 Å². The van der Waals surface area contributed by atoms with Crippen molar-refractivity contribution >= 4 is 27.5 Å². The van der Waals surface area contributed by atoms with Crippen molar-refractivity contribution in [3.05, 3.63) is 50.4 Å². The van der Waals surface area contributed by atoms with E-state index >= 15 is 0 Å². The number of thiophene rings is 1. The zero-order valence-corrected chi connectivity index (χ0v) is 18.6. The summed E-state index contributed by atoms with van der Waals surface area (Å²) in [5, 5.41) is 0.786. The topological polar surface area (TPSA) is 84.5 Å². The highest BCUT2D eigenvalue weighted by Gasteiger charge is 2.29. The van der Waals surface area contributed by atoms with Crippen molar-refractivity contribution < 1.29 is 14.3 Å². The van der Waals surface area contributed by atoms with Crippen LogP contribution in [0.25, 0.3) is 10.2 Å². The summed E-state index contributed by atoms with van der Waals surface area (Å²) in [5.41, 5.74) is 1.77. The van der Waals surface area contributed by atoms with Crippen LogP contribution in [0, 0.1) is 0 Å². The summed E-state index contributed by atoms with van der Waals surface area (Å²) in [6.07, 6.45) is 6.13. The Morgan fingerprint density at radius 3 is 2.88 bits per heavy atom. The van der Waals surface area contributed by atoms with Crippen molar-refractivity contribution in [3.8, 4) is 11.5 Å². The number of hydrogen-bond acceptors (Lipinski definition) is 6. The minimum Gasteiger partial charge on any atom is -0.486 e. The lowest BCUT2D eigenvalue weighted by Gasteiger charge is -2.32. The number of likely N-dealkylation sites (tertiary alicyclic amines) is 1. The van der Waals surface area contributed by atoms with E-state index in [0.717, 1.165) is 42.3 Å². The molecule has 0 radical (unpaired) electrons. The molecule has 1 fully saturated rings. The van der Waals surface area contributed by atoms with Gasteiger partial charge in [-0.05, 0) is 62.3 Å². The van der Waals surface area contributed by atoms with Crippen molar-refractivity contribution in [2.24, 2.45) is 0 Å². The van der Waals surface area contributed by atoms with E-state index < -0.39 is 0 Å². The number of nitrogens with one attached hydrogen (secondary N) is 1. The fraction of sp³-hybridized carbons (Fsp3) is 0.458. The standard InChI is InChI=1S/C24H25N3O4S/c28-22-20-16-5-1-2-6-19(16)32-23(20)26-21(25-22)15-4-3-9-27(13-15)24(29)14-7-8-17-18(12-14)31-11-10-30-17/h7-8,12,15H,1-6,9-11,13H2,(H,25,26,28)/t15-/m0/s1.